The maximum Gasteiger partial charge on any atom is 0.220 e. The monoisotopic (exact) mass is 237 g/mol. The predicted molar refractivity (Wildman–Crippen MR) is 65.5 cm³/mol. The Morgan fingerprint density at radius 3 is 3.06 bits per heavy atom. The van der Waals surface area contributed by atoms with Crippen molar-refractivity contribution in [1.29, 1.82) is 0 Å². The van der Waals surface area contributed by atoms with Crippen LogP contribution in [0.15, 0.2) is 35.5 Å². The minimum Gasteiger partial charge on any atom is -0.469 e. The van der Waals surface area contributed by atoms with Crippen molar-refractivity contribution < 1.29 is 14.3 Å². The van der Waals surface area contributed by atoms with E-state index in [0.717, 1.165) is 0 Å². The summed E-state index contributed by atoms with van der Waals surface area (Å²) in [4.78, 5) is 11.4. The molecule has 0 saturated heterocycles. The van der Waals surface area contributed by atoms with Crippen molar-refractivity contribution in [2.45, 2.75) is 31.8 Å². The third-order valence-electron chi connectivity index (χ3n) is 2.38. The number of hydrogen-bond acceptors (Lipinski definition) is 3. The molecular formula is C13H19NO3. The fourth-order valence-corrected chi connectivity index (χ4v) is 1.46. The van der Waals surface area contributed by atoms with E-state index in [1.165, 1.54) is 0 Å². The lowest BCUT2D eigenvalue weighted by Gasteiger charge is -2.22. The molecule has 2 N–H and O–H groups in total. The van der Waals surface area contributed by atoms with E-state index in [-0.39, 0.29) is 12.5 Å². The summed E-state index contributed by atoms with van der Waals surface area (Å²) < 4.78 is 5.16. The van der Waals surface area contributed by atoms with Gasteiger partial charge in [-0.05, 0) is 25.5 Å². The summed E-state index contributed by atoms with van der Waals surface area (Å²) in [6.45, 7) is 5.43. The van der Waals surface area contributed by atoms with Crippen LogP contribution in [0.3, 0.4) is 0 Å². The van der Waals surface area contributed by atoms with E-state index in [9.17, 15) is 9.90 Å². The zero-order chi connectivity index (χ0) is 12.7. The highest BCUT2D eigenvalue weighted by Gasteiger charge is 2.22. The average Bonchev–Trinajstić information content (AvgIpc) is 2.75. The van der Waals surface area contributed by atoms with Gasteiger partial charge < -0.3 is 14.8 Å². The Kier molecular flexibility index (Phi) is 4.97. The zero-order valence-corrected chi connectivity index (χ0v) is 10.1. The molecule has 0 bridgehead atoms. The Morgan fingerprint density at radius 1 is 1.71 bits per heavy atom. The highest BCUT2D eigenvalue weighted by molar-refractivity contribution is 5.76. The first kappa shape index (κ1) is 13.5. The molecule has 0 radical (unpaired) electrons. The second-order valence-electron chi connectivity index (χ2n) is 4.36. The number of allylic oxidation sites excluding steroid dienone is 1. The van der Waals surface area contributed by atoms with Gasteiger partial charge in [0.1, 0.15) is 5.76 Å². The molecule has 1 rings (SSSR count). The summed E-state index contributed by atoms with van der Waals surface area (Å²) in [6, 6.07) is 3.57. The molecule has 0 spiro atoms. The predicted octanol–water partition coefficient (Wildman–Crippen LogP) is 1.66. The van der Waals surface area contributed by atoms with Gasteiger partial charge in [-0.15, -0.1) is 6.58 Å². The molecule has 94 valence electrons. The molecule has 1 amide bonds. The Hall–Kier alpha value is -1.55. The van der Waals surface area contributed by atoms with Crippen LogP contribution in [-0.2, 0) is 11.2 Å². The first-order valence-corrected chi connectivity index (χ1v) is 5.66. The van der Waals surface area contributed by atoms with Gasteiger partial charge in [-0.1, -0.05) is 6.08 Å². The molecule has 0 aliphatic carbocycles. The van der Waals surface area contributed by atoms with Gasteiger partial charge in [-0.2, -0.15) is 0 Å². The number of furan rings is 1. The fraction of sp³-hybridized carbons (Fsp3) is 0.462. The topological polar surface area (TPSA) is 62.5 Å². The van der Waals surface area contributed by atoms with Gasteiger partial charge in [0.15, 0.2) is 0 Å². The van der Waals surface area contributed by atoms with E-state index in [2.05, 4.69) is 11.9 Å². The highest BCUT2D eigenvalue weighted by Crippen LogP contribution is 2.12. The molecule has 0 aliphatic rings. The standard InChI is InChI=1S/C13H19NO3/c1-3-4-7-12(15)14-10-13(2,16)9-11-6-5-8-17-11/h3,5-6,8,16H,1,4,7,9-10H2,2H3,(H,14,15)/t13-/m0/s1. The van der Waals surface area contributed by atoms with Crippen LogP contribution < -0.4 is 5.32 Å². The minimum atomic E-state index is -0.998. The largest absolute Gasteiger partial charge is 0.469 e. The number of nitrogens with one attached hydrogen (secondary N) is 1. The molecule has 1 heterocycles. The van der Waals surface area contributed by atoms with Crippen molar-refractivity contribution in [3.63, 3.8) is 0 Å². The van der Waals surface area contributed by atoms with Crippen LogP contribution in [0.4, 0.5) is 0 Å². The Labute approximate surface area is 101 Å². The van der Waals surface area contributed by atoms with E-state index in [1.54, 1.807) is 31.4 Å². The summed E-state index contributed by atoms with van der Waals surface area (Å²) in [5.41, 5.74) is -0.998. The maximum absolute atomic E-state index is 11.4. The van der Waals surface area contributed by atoms with Crippen LogP contribution in [0.25, 0.3) is 0 Å². The Morgan fingerprint density at radius 2 is 2.47 bits per heavy atom. The molecule has 4 nitrogen and oxygen atoms in total. The minimum absolute atomic E-state index is 0.0791. The summed E-state index contributed by atoms with van der Waals surface area (Å²) in [5, 5.41) is 12.8. The molecule has 4 heteroatoms. The number of aliphatic hydroxyl groups is 1. The van der Waals surface area contributed by atoms with Crippen LogP contribution in [0.2, 0.25) is 0 Å². The maximum atomic E-state index is 11.4. The van der Waals surface area contributed by atoms with E-state index in [1.807, 2.05) is 0 Å². The van der Waals surface area contributed by atoms with Gasteiger partial charge in [0, 0.05) is 19.4 Å². The lowest BCUT2D eigenvalue weighted by atomic mass is 10.0. The smallest absolute Gasteiger partial charge is 0.220 e. The number of carbonyl (C=O) groups excluding carboxylic acids is 1. The van der Waals surface area contributed by atoms with Gasteiger partial charge in [0.2, 0.25) is 5.91 Å². The lowest BCUT2D eigenvalue weighted by molar-refractivity contribution is -0.122. The Balaban J connectivity index is 2.33. The molecule has 0 unspecified atom stereocenters. The molecule has 1 atom stereocenters. The van der Waals surface area contributed by atoms with Crippen LogP contribution in [0, 0.1) is 0 Å². The van der Waals surface area contributed by atoms with Crippen molar-refractivity contribution in [2.75, 3.05) is 6.54 Å². The molecule has 0 saturated carbocycles. The average molecular weight is 237 g/mol. The van der Waals surface area contributed by atoms with Gasteiger partial charge >= 0.3 is 0 Å². The van der Waals surface area contributed by atoms with Crippen molar-refractivity contribution in [3.8, 4) is 0 Å². The Bertz CT molecular complexity index is 355. The van der Waals surface area contributed by atoms with Gasteiger partial charge in [-0.25, -0.2) is 0 Å². The molecule has 0 aliphatic heterocycles. The van der Waals surface area contributed by atoms with E-state index in [0.29, 0.717) is 25.0 Å². The van der Waals surface area contributed by atoms with Gasteiger partial charge in [0.05, 0.1) is 11.9 Å². The number of hydrogen-bond donors (Lipinski definition) is 2. The summed E-state index contributed by atoms with van der Waals surface area (Å²) in [7, 11) is 0. The van der Waals surface area contributed by atoms with Gasteiger partial charge in [0.25, 0.3) is 0 Å². The first-order chi connectivity index (χ1) is 8.03. The molecule has 0 fully saturated rings. The lowest BCUT2D eigenvalue weighted by Crippen LogP contribution is -2.42. The highest BCUT2D eigenvalue weighted by atomic mass is 16.3. The van der Waals surface area contributed by atoms with Crippen molar-refractivity contribution in [3.05, 3.63) is 36.8 Å². The summed E-state index contributed by atoms with van der Waals surface area (Å²) in [5.74, 6) is 0.625. The molecule has 1 aromatic rings. The van der Waals surface area contributed by atoms with E-state index in [4.69, 9.17) is 4.42 Å². The molecule has 1 aromatic heterocycles. The number of amides is 1. The number of rotatable bonds is 7. The van der Waals surface area contributed by atoms with Crippen molar-refractivity contribution in [1.82, 2.24) is 5.32 Å². The van der Waals surface area contributed by atoms with Crippen LogP contribution in [-0.4, -0.2) is 23.2 Å². The summed E-state index contributed by atoms with van der Waals surface area (Å²) in [6.07, 6.45) is 4.68. The zero-order valence-electron chi connectivity index (χ0n) is 10.1. The van der Waals surface area contributed by atoms with Crippen LogP contribution in [0.1, 0.15) is 25.5 Å². The molecule has 17 heavy (non-hydrogen) atoms. The second-order valence-corrected chi connectivity index (χ2v) is 4.36. The van der Waals surface area contributed by atoms with E-state index >= 15 is 0 Å². The third-order valence-corrected chi connectivity index (χ3v) is 2.38. The number of carbonyl (C=O) groups is 1. The normalized spacial score (nSPS) is 14.0. The van der Waals surface area contributed by atoms with Crippen molar-refractivity contribution in [2.24, 2.45) is 0 Å². The van der Waals surface area contributed by atoms with Crippen molar-refractivity contribution >= 4 is 5.91 Å². The molecule has 0 aromatic carbocycles. The quantitative estimate of drug-likeness (QED) is 0.709. The summed E-state index contributed by atoms with van der Waals surface area (Å²) >= 11 is 0. The first-order valence-electron chi connectivity index (χ1n) is 5.66. The van der Waals surface area contributed by atoms with Crippen LogP contribution in [0.5, 0.6) is 0 Å². The fourth-order valence-electron chi connectivity index (χ4n) is 1.46. The van der Waals surface area contributed by atoms with Crippen LogP contribution >= 0.6 is 0 Å². The van der Waals surface area contributed by atoms with Gasteiger partial charge in [-0.3, -0.25) is 4.79 Å². The second kappa shape index (κ2) is 6.25. The third kappa shape index (κ3) is 5.36. The molecular weight excluding hydrogens is 218 g/mol. The van der Waals surface area contributed by atoms with E-state index < -0.39 is 5.60 Å². The SMILES string of the molecule is C=CCCC(=O)NC[C@@](C)(O)Cc1ccco1.